The van der Waals surface area contributed by atoms with Crippen LogP contribution in [0.5, 0.6) is 0 Å². The Bertz CT molecular complexity index is 1380. The molecule has 0 unspecified atom stereocenters. The number of nitrogens with two attached hydrogens (primary N) is 1. The molecular weight excluding hydrogens is 528 g/mol. The summed E-state index contributed by atoms with van der Waals surface area (Å²) in [6.07, 6.45) is 3.47. The van der Waals surface area contributed by atoms with E-state index in [0.29, 0.717) is 17.7 Å². The lowest BCUT2D eigenvalue weighted by Gasteiger charge is -2.25. The maximum absolute atomic E-state index is 13.8. The molecule has 8 heteroatoms. The van der Waals surface area contributed by atoms with Crippen molar-refractivity contribution in [3.05, 3.63) is 131 Å². The van der Waals surface area contributed by atoms with Gasteiger partial charge >= 0.3 is 5.97 Å². The lowest BCUT2D eigenvalue weighted by atomic mass is 10.0. The lowest BCUT2D eigenvalue weighted by Crippen LogP contribution is -2.46. The van der Waals surface area contributed by atoms with Gasteiger partial charge in [0.15, 0.2) is 0 Å². The number of carbonyl (C=O) groups is 1. The van der Waals surface area contributed by atoms with Gasteiger partial charge in [0.25, 0.3) is 0 Å². The molecule has 0 bridgehead atoms. The summed E-state index contributed by atoms with van der Waals surface area (Å²) in [4.78, 5) is 18.2. The van der Waals surface area contributed by atoms with Crippen molar-refractivity contribution in [2.45, 2.75) is 49.1 Å². The first kappa shape index (κ1) is 29.4. The zero-order valence-corrected chi connectivity index (χ0v) is 23.2. The lowest BCUT2D eigenvalue weighted by molar-refractivity contribution is 0.0237. The largest absolute Gasteiger partial charge is 0.456 e. The zero-order chi connectivity index (χ0) is 28.3. The van der Waals surface area contributed by atoms with Crippen LogP contribution in [0.1, 0.15) is 39.5 Å². The summed E-state index contributed by atoms with van der Waals surface area (Å²) >= 11 is 1.57. The molecule has 4 aromatic rings. The van der Waals surface area contributed by atoms with Gasteiger partial charge in [-0.1, -0.05) is 61.5 Å². The quantitative estimate of drug-likeness (QED) is 0.152. The Balaban J connectivity index is 1.44. The van der Waals surface area contributed by atoms with Crippen LogP contribution in [0.3, 0.4) is 0 Å². The molecule has 0 saturated heterocycles. The van der Waals surface area contributed by atoms with E-state index in [1.807, 2.05) is 42.5 Å². The Morgan fingerprint density at radius 1 is 0.925 bits per heavy atom. The Labute approximate surface area is 238 Å². The maximum atomic E-state index is 13.8. The molecule has 0 saturated carbocycles. The molecule has 0 aliphatic carbocycles. The van der Waals surface area contributed by atoms with Gasteiger partial charge in [-0.15, -0.1) is 11.8 Å². The van der Waals surface area contributed by atoms with Crippen LogP contribution in [0.15, 0.2) is 96.2 Å². The minimum absolute atomic E-state index is 0.130. The van der Waals surface area contributed by atoms with E-state index in [4.69, 9.17) is 10.5 Å². The van der Waals surface area contributed by atoms with Crippen LogP contribution >= 0.6 is 11.8 Å². The molecule has 1 heterocycles. The third-order valence-electron chi connectivity index (χ3n) is 6.40. The predicted octanol–water partition coefficient (Wildman–Crippen LogP) is 6.10. The highest BCUT2D eigenvalue weighted by atomic mass is 32.2. The SMILES string of the molecule is CCc1cccc(CNC[C@@H](OC(=O)c2cncc(SCc3ccccc3)c2)[C@@H](N)Cc2cc(F)cc(F)c2)c1. The molecule has 4 rings (SSSR count). The van der Waals surface area contributed by atoms with E-state index in [1.165, 1.54) is 23.9 Å². The Morgan fingerprint density at radius 2 is 1.65 bits per heavy atom. The molecule has 1 aromatic heterocycles. The standard InChI is InChI=1S/C32H33F2N3O2S/c1-2-22-9-6-10-24(11-22)17-36-20-31(30(35)14-25-12-27(33)16-28(34)13-25)39-32(38)26-15-29(19-37-18-26)40-21-23-7-4-3-5-8-23/h3-13,15-16,18-19,30-31,36H,2,14,17,20-21,35H2,1H3/t30-,31+/m0/s1. The number of hydrogen-bond acceptors (Lipinski definition) is 6. The smallest absolute Gasteiger partial charge is 0.340 e. The van der Waals surface area contributed by atoms with Gasteiger partial charge in [0.2, 0.25) is 0 Å². The highest BCUT2D eigenvalue weighted by Gasteiger charge is 2.24. The minimum Gasteiger partial charge on any atom is -0.456 e. The van der Waals surface area contributed by atoms with E-state index >= 15 is 0 Å². The number of aromatic nitrogens is 1. The van der Waals surface area contributed by atoms with Gasteiger partial charge < -0.3 is 15.8 Å². The minimum atomic E-state index is -0.756. The molecule has 0 fully saturated rings. The third kappa shape index (κ3) is 8.98. The second kappa shape index (κ2) is 14.7. The summed E-state index contributed by atoms with van der Waals surface area (Å²) < 4.78 is 33.4. The van der Waals surface area contributed by atoms with Crippen molar-refractivity contribution in [3.8, 4) is 0 Å². The van der Waals surface area contributed by atoms with E-state index in [-0.39, 0.29) is 13.0 Å². The van der Waals surface area contributed by atoms with Crippen LogP contribution in [0.2, 0.25) is 0 Å². The number of aryl methyl sites for hydroxylation is 1. The summed E-state index contributed by atoms with van der Waals surface area (Å²) in [5, 5.41) is 3.32. The van der Waals surface area contributed by atoms with Crippen molar-refractivity contribution in [2.24, 2.45) is 5.73 Å². The fraction of sp³-hybridized carbons (Fsp3) is 0.250. The number of rotatable bonds is 13. The molecule has 3 aromatic carbocycles. The number of ether oxygens (including phenoxy) is 1. The molecule has 2 atom stereocenters. The van der Waals surface area contributed by atoms with Crippen LogP contribution in [0, 0.1) is 11.6 Å². The first-order valence-electron chi connectivity index (χ1n) is 13.2. The number of carbonyl (C=O) groups excluding carboxylic acids is 1. The van der Waals surface area contributed by atoms with Crippen LogP contribution < -0.4 is 11.1 Å². The van der Waals surface area contributed by atoms with Gasteiger partial charge in [-0.05, 0) is 53.3 Å². The summed E-state index contributed by atoms with van der Waals surface area (Å²) in [6.45, 7) is 2.91. The highest BCUT2D eigenvalue weighted by Crippen LogP contribution is 2.23. The predicted molar refractivity (Wildman–Crippen MR) is 155 cm³/mol. The molecule has 0 spiro atoms. The highest BCUT2D eigenvalue weighted by molar-refractivity contribution is 7.98. The number of nitrogens with one attached hydrogen (secondary N) is 1. The van der Waals surface area contributed by atoms with E-state index < -0.39 is 29.7 Å². The number of hydrogen-bond donors (Lipinski definition) is 2. The molecule has 40 heavy (non-hydrogen) atoms. The summed E-state index contributed by atoms with van der Waals surface area (Å²) in [6, 6.07) is 22.6. The first-order valence-corrected chi connectivity index (χ1v) is 14.2. The van der Waals surface area contributed by atoms with Crippen molar-refractivity contribution in [2.75, 3.05) is 6.54 Å². The van der Waals surface area contributed by atoms with Crippen molar-refractivity contribution in [1.82, 2.24) is 10.3 Å². The van der Waals surface area contributed by atoms with E-state index in [2.05, 4.69) is 29.4 Å². The van der Waals surface area contributed by atoms with Gasteiger partial charge in [0, 0.05) is 48.2 Å². The van der Waals surface area contributed by atoms with E-state index in [0.717, 1.165) is 34.3 Å². The topological polar surface area (TPSA) is 77.2 Å². The van der Waals surface area contributed by atoms with E-state index in [9.17, 15) is 13.6 Å². The summed E-state index contributed by atoms with van der Waals surface area (Å²) in [7, 11) is 0. The van der Waals surface area contributed by atoms with Gasteiger partial charge in [0.05, 0.1) is 5.56 Å². The van der Waals surface area contributed by atoms with Crippen molar-refractivity contribution < 1.29 is 18.3 Å². The number of nitrogens with zero attached hydrogens (tertiary/aromatic N) is 1. The molecule has 0 amide bonds. The Hall–Kier alpha value is -3.59. The van der Waals surface area contributed by atoms with Crippen molar-refractivity contribution in [3.63, 3.8) is 0 Å². The zero-order valence-electron chi connectivity index (χ0n) is 22.4. The summed E-state index contributed by atoms with van der Waals surface area (Å²) in [5.41, 5.74) is 10.6. The van der Waals surface area contributed by atoms with E-state index in [1.54, 1.807) is 24.0 Å². The molecule has 0 aliphatic rings. The van der Waals surface area contributed by atoms with Gasteiger partial charge in [-0.3, -0.25) is 4.98 Å². The normalized spacial score (nSPS) is 12.6. The fourth-order valence-electron chi connectivity index (χ4n) is 4.29. The first-order chi connectivity index (χ1) is 19.4. The van der Waals surface area contributed by atoms with Crippen LogP contribution in [0.25, 0.3) is 0 Å². The van der Waals surface area contributed by atoms with Crippen molar-refractivity contribution >= 4 is 17.7 Å². The fourth-order valence-corrected chi connectivity index (χ4v) is 5.16. The van der Waals surface area contributed by atoms with Gasteiger partial charge in [-0.25, -0.2) is 13.6 Å². The van der Waals surface area contributed by atoms with Crippen molar-refractivity contribution in [1.29, 1.82) is 0 Å². The average molecular weight is 562 g/mol. The number of thioether (sulfide) groups is 1. The molecule has 0 radical (unpaired) electrons. The Kier molecular flexibility index (Phi) is 10.8. The molecular formula is C32H33F2N3O2S. The molecule has 5 nitrogen and oxygen atoms in total. The van der Waals surface area contributed by atoms with Gasteiger partial charge in [0.1, 0.15) is 17.7 Å². The monoisotopic (exact) mass is 561 g/mol. The summed E-state index contributed by atoms with van der Waals surface area (Å²) in [5.74, 6) is -1.18. The number of pyridine rings is 1. The second-order valence-electron chi connectivity index (χ2n) is 9.58. The molecule has 0 aliphatic heterocycles. The van der Waals surface area contributed by atoms with Gasteiger partial charge in [-0.2, -0.15) is 0 Å². The average Bonchev–Trinajstić information content (AvgIpc) is 2.95. The molecule has 208 valence electrons. The molecule has 3 N–H and O–H groups in total. The number of halogens is 2. The number of benzene rings is 3. The Morgan fingerprint density at radius 3 is 2.40 bits per heavy atom. The van der Waals surface area contributed by atoms with Crippen LogP contribution in [0.4, 0.5) is 8.78 Å². The maximum Gasteiger partial charge on any atom is 0.340 e. The van der Waals surface area contributed by atoms with Crippen LogP contribution in [-0.2, 0) is 29.9 Å². The van der Waals surface area contributed by atoms with Crippen LogP contribution in [-0.4, -0.2) is 29.6 Å². The third-order valence-corrected chi connectivity index (χ3v) is 7.44. The number of esters is 1. The second-order valence-corrected chi connectivity index (χ2v) is 10.6.